The van der Waals surface area contributed by atoms with Gasteiger partial charge in [0, 0.05) is 5.92 Å². The summed E-state index contributed by atoms with van der Waals surface area (Å²) in [5.41, 5.74) is 16.3. The summed E-state index contributed by atoms with van der Waals surface area (Å²) in [7, 11) is -1.63. The average Bonchev–Trinajstić information content (AvgIpc) is 3.13. The van der Waals surface area contributed by atoms with Crippen LogP contribution in [-0.2, 0) is 0 Å². The van der Waals surface area contributed by atoms with Crippen LogP contribution in [0.25, 0.3) is 5.57 Å². The molecule has 0 heterocycles. The predicted molar refractivity (Wildman–Crippen MR) is 191 cm³/mol. The van der Waals surface area contributed by atoms with Crippen LogP contribution >= 0.6 is 0 Å². The number of rotatable bonds is 9. The van der Waals surface area contributed by atoms with Gasteiger partial charge in [-0.3, -0.25) is 0 Å². The molecule has 0 bridgehead atoms. The third-order valence-electron chi connectivity index (χ3n) is 9.90. The minimum absolute atomic E-state index is 0.457. The summed E-state index contributed by atoms with van der Waals surface area (Å²) in [5.74, 6) is 2.54. The van der Waals surface area contributed by atoms with Crippen molar-refractivity contribution >= 4 is 24.7 Å². The Kier molecular flexibility index (Phi) is 9.93. The minimum Gasteiger partial charge on any atom is -0.0629 e. The van der Waals surface area contributed by atoms with Gasteiger partial charge in [0.1, 0.15) is 8.80 Å². The molecule has 0 spiro atoms. The molecule has 1 aliphatic carbocycles. The third kappa shape index (κ3) is 6.78. The van der Waals surface area contributed by atoms with Gasteiger partial charge in [-0.25, -0.2) is 0 Å². The monoisotopic (exact) mass is 576 g/mol. The molecule has 4 rings (SSSR count). The van der Waals surface area contributed by atoms with E-state index in [9.17, 15) is 0 Å². The van der Waals surface area contributed by atoms with Gasteiger partial charge in [-0.15, -0.1) is 0 Å². The molecule has 224 valence electrons. The van der Waals surface area contributed by atoms with E-state index < -0.39 is 8.80 Å². The van der Waals surface area contributed by atoms with Gasteiger partial charge in [0.25, 0.3) is 0 Å². The second kappa shape index (κ2) is 12.9. The van der Waals surface area contributed by atoms with Crippen LogP contribution in [0.3, 0.4) is 0 Å². The van der Waals surface area contributed by atoms with Crippen molar-refractivity contribution in [2.45, 2.75) is 120 Å². The van der Waals surface area contributed by atoms with Gasteiger partial charge in [0.2, 0.25) is 0 Å². The molecule has 1 atom stereocenters. The van der Waals surface area contributed by atoms with Gasteiger partial charge in [-0.1, -0.05) is 137 Å². The highest BCUT2D eigenvalue weighted by Gasteiger charge is 2.33. The lowest BCUT2D eigenvalue weighted by Gasteiger charge is -2.28. The molecule has 3 aromatic carbocycles. The number of hydrogen-bond acceptors (Lipinski definition) is 0. The largest absolute Gasteiger partial charge is 0.104 e. The summed E-state index contributed by atoms with van der Waals surface area (Å²) in [6.45, 7) is 30.5. The fourth-order valence-corrected chi connectivity index (χ4v) is 10.5. The molecule has 42 heavy (non-hydrogen) atoms. The van der Waals surface area contributed by atoms with Crippen molar-refractivity contribution in [3.8, 4) is 0 Å². The molecule has 0 aliphatic heterocycles. The first-order valence-electron chi connectivity index (χ1n) is 16.4. The van der Waals surface area contributed by atoms with Crippen molar-refractivity contribution in [3.63, 3.8) is 0 Å². The highest BCUT2D eigenvalue weighted by atomic mass is 28.3. The molecule has 0 N–H and O–H groups in total. The highest BCUT2D eigenvalue weighted by molar-refractivity contribution is 6.85. The number of allylic oxidation sites excluding steroid dienone is 4. The summed E-state index contributed by atoms with van der Waals surface area (Å²) >= 11 is 0. The van der Waals surface area contributed by atoms with Crippen molar-refractivity contribution in [2.24, 2.45) is 5.92 Å². The lowest BCUT2D eigenvalue weighted by atomic mass is 9.90. The van der Waals surface area contributed by atoms with Crippen molar-refractivity contribution in [1.82, 2.24) is 0 Å². The Morgan fingerprint density at radius 3 is 1.24 bits per heavy atom. The van der Waals surface area contributed by atoms with Crippen LogP contribution in [0.4, 0.5) is 0 Å². The maximum atomic E-state index is 2.60. The Morgan fingerprint density at radius 1 is 0.500 bits per heavy atom. The van der Waals surface area contributed by atoms with E-state index in [2.05, 4.69) is 145 Å². The first-order valence-corrected chi connectivity index (χ1v) is 18.4. The fourth-order valence-electron chi connectivity index (χ4n) is 6.92. The SMILES string of the molecule is CC1=C(C)C(C[SiH](c2cc(C(C)C)cc(C(C)C)c2)c2cc(C(C)C)cc(C(C)C)c2)C(c2cc(C)cc(C)c2)=C1C. The highest BCUT2D eigenvalue weighted by Crippen LogP contribution is 2.45. The Morgan fingerprint density at radius 2 is 0.881 bits per heavy atom. The van der Waals surface area contributed by atoms with Gasteiger partial charge in [-0.2, -0.15) is 0 Å². The molecule has 1 heteroatoms. The average molecular weight is 577 g/mol. The van der Waals surface area contributed by atoms with E-state index in [1.165, 1.54) is 56.1 Å². The first kappa shape index (κ1) is 32.3. The summed E-state index contributed by atoms with van der Waals surface area (Å²) in [6.07, 6.45) is 0. The smallest absolute Gasteiger partial charge is 0.0629 e. The molecule has 0 saturated heterocycles. The quantitative estimate of drug-likeness (QED) is 0.222. The third-order valence-corrected chi connectivity index (χ3v) is 13.1. The topological polar surface area (TPSA) is 0 Å². The van der Waals surface area contributed by atoms with E-state index in [1.807, 2.05) is 0 Å². The Labute approximate surface area is 260 Å². The zero-order valence-corrected chi connectivity index (χ0v) is 30.0. The molecule has 0 fully saturated rings. The second-order valence-corrected chi connectivity index (χ2v) is 17.5. The number of benzene rings is 3. The Balaban J connectivity index is 1.97. The molecule has 0 nitrogen and oxygen atoms in total. The molecular formula is C41H56Si. The van der Waals surface area contributed by atoms with Crippen LogP contribution < -0.4 is 10.4 Å². The molecular weight excluding hydrogens is 521 g/mol. The molecule has 0 aromatic heterocycles. The number of aryl methyl sites for hydroxylation is 2. The molecule has 1 aliphatic rings. The zero-order valence-electron chi connectivity index (χ0n) is 28.9. The predicted octanol–water partition coefficient (Wildman–Crippen LogP) is 10.6. The number of hydrogen-bond donors (Lipinski definition) is 0. The van der Waals surface area contributed by atoms with E-state index in [0.717, 1.165) is 0 Å². The first-order chi connectivity index (χ1) is 19.7. The van der Waals surface area contributed by atoms with Crippen molar-refractivity contribution in [3.05, 3.63) is 110 Å². The van der Waals surface area contributed by atoms with E-state index >= 15 is 0 Å². The summed E-state index contributed by atoms with van der Waals surface area (Å²) in [6, 6.07) is 23.7. The molecule has 3 aromatic rings. The minimum atomic E-state index is -1.63. The van der Waals surface area contributed by atoms with Crippen LogP contribution in [0, 0.1) is 19.8 Å². The van der Waals surface area contributed by atoms with Crippen LogP contribution in [0.2, 0.25) is 6.04 Å². The van der Waals surface area contributed by atoms with Crippen LogP contribution in [0.1, 0.15) is 139 Å². The van der Waals surface area contributed by atoms with E-state index in [1.54, 1.807) is 21.5 Å². The standard InChI is InChI=1S/C41H56Si/c1-24(2)33-17-34(25(3)4)20-38(19-33)42(39-21-35(26(5)6)18-36(22-39)27(7)8)23-40-31(12)30(11)32(13)41(40)37-15-28(9)14-29(10)16-37/h14-22,24-27,40,42H,23H2,1-13H3. The summed E-state index contributed by atoms with van der Waals surface area (Å²) < 4.78 is 0. The second-order valence-electron chi connectivity index (χ2n) is 14.5. The van der Waals surface area contributed by atoms with E-state index in [-0.39, 0.29) is 0 Å². The van der Waals surface area contributed by atoms with Crippen molar-refractivity contribution in [2.75, 3.05) is 0 Å². The van der Waals surface area contributed by atoms with Gasteiger partial charge in [0.05, 0.1) is 0 Å². The maximum Gasteiger partial charge on any atom is 0.104 e. The van der Waals surface area contributed by atoms with Gasteiger partial charge in [-0.05, 0) is 109 Å². The molecule has 0 saturated carbocycles. The fraction of sp³-hybridized carbons (Fsp3) is 0.463. The summed E-state index contributed by atoms with van der Waals surface area (Å²) in [4.78, 5) is 0. The Hall–Kier alpha value is -2.64. The van der Waals surface area contributed by atoms with Crippen molar-refractivity contribution in [1.29, 1.82) is 0 Å². The van der Waals surface area contributed by atoms with Gasteiger partial charge >= 0.3 is 0 Å². The van der Waals surface area contributed by atoms with Crippen molar-refractivity contribution < 1.29 is 0 Å². The van der Waals surface area contributed by atoms with Gasteiger partial charge in [0.15, 0.2) is 0 Å². The summed E-state index contributed by atoms with van der Waals surface area (Å²) in [5, 5.41) is 3.24. The zero-order chi connectivity index (χ0) is 31.0. The van der Waals surface area contributed by atoms with Crippen LogP contribution in [-0.4, -0.2) is 8.80 Å². The van der Waals surface area contributed by atoms with Crippen LogP contribution in [0.5, 0.6) is 0 Å². The van der Waals surface area contributed by atoms with Gasteiger partial charge < -0.3 is 0 Å². The normalized spacial score (nSPS) is 16.0. The molecule has 0 radical (unpaired) electrons. The Bertz CT molecular complexity index is 1370. The lowest BCUT2D eigenvalue weighted by molar-refractivity contribution is 0.834. The molecule has 1 unspecified atom stereocenters. The van der Waals surface area contributed by atoms with E-state index in [4.69, 9.17) is 0 Å². The lowest BCUT2D eigenvalue weighted by Crippen LogP contribution is -2.44. The maximum absolute atomic E-state index is 2.60. The van der Waals surface area contributed by atoms with E-state index in [0.29, 0.717) is 29.6 Å². The molecule has 0 amide bonds. The van der Waals surface area contributed by atoms with Crippen LogP contribution in [0.15, 0.2) is 71.3 Å².